The van der Waals surface area contributed by atoms with Gasteiger partial charge in [0.1, 0.15) is 0 Å². The average Bonchev–Trinajstić information content (AvgIpc) is 2.50. The Morgan fingerprint density at radius 3 is 2.47 bits per heavy atom. The van der Waals surface area contributed by atoms with Crippen LogP contribution in [0.25, 0.3) is 0 Å². The lowest BCUT2D eigenvalue weighted by molar-refractivity contribution is -0.0974. The molecule has 1 aromatic heterocycles. The molecule has 0 unspecified atom stereocenters. The number of nitrogens with one attached hydrogen (secondary N) is 1. The van der Waals surface area contributed by atoms with E-state index in [1.54, 1.807) is 0 Å². The maximum Gasteiger partial charge on any atom is 0.0692 e. The third-order valence-corrected chi connectivity index (χ3v) is 5.04. The predicted octanol–water partition coefficient (Wildman–Crippen LogP) is 2.32. The highest BCUT2D eigenvalue weighted by Gasteiger charge is 2.52. The van der Waals surface area contributed by atoms with E-state index < -0.39 is 0 Å². The molecule has 15 heavy (non-hydrogen) atoms. The van der Waals surface area contributed by atoms with Gasteiger partial charge in [0.05, 0.1) is 18.6 Å². The standard InChI is InChI=1S/C12H19NOS/c1-9-5-6-15-10(9)12(7-14-8-12)11(2,3)13-4/h5-6,13H,7-8H2,1-4H3. The molecule has 1 aliphatic heterocycles. The molecule has 0 saturated carbocycles. The van der Waals surface area contributed by atoms with E-state index in [9.17, 15) is 0 Å². The summed E-state index contributed by atoms with van der Waals surface area (Å²) in [6.45, 7) is 8.38. The molecule has 0 radical (unpaired) electrons. The molecule has 1 aliphatic rings. The second kappa shape index (κ2) is 3.58. The Morgan fingerprint density at radius 1 is 1.47 bits per heavy atom. The summed E-state index contributed by atoms with van der Waals surface area (Å²) < 4.78 is 5.47. The van der Waals surface area contributed by atoms with Gasteiger partial charge in [-0.3, -0.25) is 0 Å². The zero-order valence-corrected chi connectivity index (χ0v) is 10.7. The van der Waals surface area contributed by atoms with Gasteiger partial charge in [-0.05, 0) is 44.8 Å². The van der Waals surface area contributed by atoms with Crippen molar-refractivity contribution in [2.45, 2.75) is 31.7 Å². The lowest BCUT2D eigenvalue weighted by Crippen LogP contribution is -2.65. The molecule has 0 aliphatic carbocycles. The summed E-state index contributed by atoms with van der Waals surface area (Å²) in [4.78, 5) is 1.48. The van der Waals surface area contributed by atoms with Gasteiger partial charge in [0.15, 0.2) is 0 Å². The van der Waals surface area contributed by atoms with Crippen LogP contribution in [0.15, 0.2) is 11.4 Å². The molecule has 2 heterocycles. The molecular formula is C12H19NOS. The smallest absolute Gasteiger partial charge is 0.0692 e. The number of likely N-dealkylation sites (N-methyl/N-ethyl adjacent to an activating group) is 1. The van der Waals surface area contributed by atoms with Gasteiger partial charge in [-0.2, -0.15) is 0 Å². The second-order valence-corrected chi connectivity index (χ2v) is 5.80. The van der Waals surface area contributed by atoms with E-state index >= 15 is 0 Å². The predicted molar refractivity (Wildman–Crippen MR) is 64.7 cm³/mol. The van der Waals surface area contributed by atoms with E-state index in [1.807, 2.05) is 18.4 Å². The highest BCUT2D eigenvalue weighted by atomic mass is 32.1. The van der Waals surface area contributed by atoms with E-state index in [-0.39, 0.29) is 11.0 Å². The summed E-state index contributed by atoms with van der Waals surface area (Å²) in [5.74, 6) is 0. The quantitative estimate of drug-likeness (QED) is 0.852. The van der Waals surface area contributed by atoms with Crippen molar-refractivity contribution in [2.24, 2.45) is 0 Å². The summed E-state index contributed by atoms with van der Waals surface area (Å²) in [6.07, 6.45) is 0. The van der Waals surface area contributed by atoms with E-state index in [2.05, 4.69) is 37.5 Å². The molecule has 3 heteroatoms. The first kappa shape index (κ1) is 11.1. The summed E-state index contributed by atoms with van der Waals surface area (Å²) in [6, 6.07) is 2.20. The minimum absolute atomic E-state index is 0.0842. The topological polar surface area (TPSA) is 21.3 Å². The van der Waals surface area contributed by atoms with Gasteiger partial charge in [0.25, 0.3) is 0 Å². The fourth-order valence-corrected chi connectivity index (χ4v) is 3.44. The van der Waals surface area contributed by atoms with Crippen molar-refractivity contribution in [1.29, 1.82) is 0 Å². The van der Waals surface area contributed by atoms with Crippen molar-refractivity contribution in [3.05, 3.63) is 21.9 Å². The average molecular weight is 225 g/mol. The Kier molecular flexibility index (Phi) is 2.65. The minimum Gasteiger partial charge on any atom is -0.379 e. The van der Waals surface area contributed by atoms with Crippen LogP contribution in [0.3, 0.4) is 0 Å². The number of hydrogen-bond acceptors (Lipinski definition) is 3. The second-order valence-electron chi connectivity index (χ2n) is 4.88. The fraction of sp³-hybridized carbons (Fsp3) is 0.667. The van der Waals surface area contributed by atoms with Crippen molar-refractivity contribution in [2.75, 3.05) is 20.3 Å². The summed E-state index contributed by atoms with van der Waals surface area (Å²) in [5.41, 5.74) is 1.65. The molecule has 1 saturated heterocycles. The van der Waals surface area contributed by atoms with Gasteiger partial charge >= 0.3 is 0 Å². The van der Waals surface area contributed by atoms with Crippen molar-refractivity contribution in [3.8, 4) is 0 Å². The molecule has 2 nitrogen and oxygen atoms in total. The van der Waals surface area contributed by atoms with Crippen LogP contribution in [0.2, 0.25) is 0 Å². The maximum atomic E-state index is 5.47. The van der Waals surface area contributed by atoms with E-state index in [4.69, 9.17) is 4.74 Å². The first-order valence-electron chi connectivity index (χ1n) is 5.35. The number of aryl methyl sites for hydroxylation is 1. The molecule has 0 amide bonds. The first-order chi connectivity index (χ1) is 7.03. The molecule has 0 bridgehead atoms. The normalized spacial score (nSPS) is 20.0. The van der Waals surface area contributed by atoms with E-state index in [0.29, 0.717) is 0 Å². The highest BCUT2D eigenvalue weighted by molar-refractivity contribution is 7.10. The van der Waals surface area contributed by atoms with Crippen LogP contribution in [-0.2, 0) is 10.2 Å². The van der Waals surface area contributed by atoms with E-state index in [0.717, 1.165) is 13.2 Å². The Labute approximate surface area is 95.6 Å². The number of rotatable bonds is 3. The highest BCUT2D eigenvalue weighted by Crippen LogP contribution is 2.45. The molecule has 1 aromatic rings. The van der Waals surface area contributed by atoms with Crippen LogP contribution < -0.4 is 5.32 Å². The Balaban J connectivity index is 2.43. The third kappa shape index (κ3) is 1.45. The molecule has 2 rings (SSSR count). The van der Waals surface area contributed by atoms with Gasteiger partial charge in [0.2, 0.25) is 0 Å². The van der Waals surface area contributed by atoms with Crippen LogP contribution in [0.1, 0.15) is 24.3 Å². The number of thiophene rings is 1. The monoisotopic (exact) mass is 225 g/mol. The zero-order valence-electron chi connectivity index (χ0n) is 9.89. The van der Waals surface area contributed by atoms with Crippen LogP contribution in [0, 0.1) is 6.92 Å². The van der Waals surface area contributed by atoms with Crippen molar-refractivity contribution in [3.63, 3.8) is 0 Å². The first-order valence-corrected chi connectivity index (χ1v) is 6.23. The number of hydrogen-bond donors (Lipinski definition) is 1. The van der Waals surface area contributed by atoms with Gasteiger partial charge in [-0.1, -0.05) is 0 Å². The summed E-state index contributed by atoms with van der Waals surface area (Å²) in [5, 5.41) is 5.60. The fourth-order valence-electron chi connectivity index (χ4n) is 2.18. The third-order valence-electron chi connectivity index (χ3n) is 3.82. The van der Waals surface area contributed by atoms with Crippen LogP contribution >= 0.6 is 11.3 Å². The van der Waals surface area contributed by atoms with Crippen molar-refractivity contribution in [1.82, 2.24) is 5.32 Å². The SMILES string of the molecule is CNC(C)(C)C1(c2sccc2C)COC1. The molecule has 0 aromatic carbocycles. The molecule has 84 valence electrons. The molecule has 0 atom stereocenters. The minimum atomic E-state index is 0.0842. The molecule has 1 fully saturated rings. The maximum absolute atomic E-state index is 5.47. The van der Waals surface area contributed by atoms with Crippen LogP contribution in [-0.4, -0.2) is 25.8 Å². The van der Waals surface area contributed by atoms with E-state index in [1.165, 1.54) is 10.4 Å². The van der Waals surface area contributed by atoms with Crippen molar-refractivity contribution < 1.29 is 4.74 Å². The Morgan fingerprint density at radius 2 is 2.13 bits per heavy atom. The summed E-state index contributed by atoms with van der Waals surface area (Å²) >= 11 is 1.85. The molecule has 1 N–H and O–H groups in total. The van der Waals surface area contributed by atoms with Gasteiger partial charge in [-0.25, -0.2) is 0 Å². The Bertz CT molecular complexity index is 352. The lowest BCUT2D eigenvalue weighted by Gasteiger charge is -2.52. The lowest BCUT2D eigenvalue weighted by atomic mass is 9.68. The van der Waals surface area contributed by atoms with Crippen LogP contribution in [0.5, 0.6) is 0 Å². The number of ether oxygens (including phenoxy) is 1. The summed E-state index contributed by atoms with van der Waals surface area (Å²) in [7, 11) is 2.03. The molecular weight excluding hydrogens is 206 g/mol. The van der Waals surface area contributed by atoms with Crippen molar-refractivity contribution >= 4 is 11.3 Å². The zero-order chi connectivity index (χ0) is 11.1. The Hall–Kier alpha value is -0.380. The van der Waals surface area contributed by atoms with Gasteiger partial charge in [-0.15, -0.1) is 11.3 Å². The molecule has 0 spiro atoms. The van der Waals surface area contributed by atoms with Gasteiger partial charge < -0.3 is 10.1 Å². The largest absolute Gasteiger partial charge is 0.379 e. The van der Waals surface area contributed by atoms with Crippen LogP contribution in [0.4, 0.5) is 0 Å². The van der Waals surface area contributed by atoms with Gasteiger partial charge in [0, 0.05) is 10.4 Å².